The van der Waals surface area contributed by atoms with E-state index in [1.54, 1.807) is 11.8 Å². The topological polar surface area (TPSA) is 17.8 Å². The highest BCUT2D eigenvalue weighted by Crippen LogP contribution is 2.32. The molecule has 4 aromatic rings. The molecule has 0 atom stereocenters. The maximum atomic E-state index is 4.84. The van der Waals surface area contributed by atoms with Crippen LogP contribution in [0.4, 0.5) is 0 Å². The molecule has 3 heteroatoms. The van der Waals surface area contributed by atoms with E-state index in [-0.39, 0.29) is 0 Å². The molecule has 0 aliphatic rings. The third-order valence-electron chi connectivity index (χ3n) is 3.71. The average molecular weight is 328 g/mol. The van der Waals surface area contributed by atoms with Gasteiger partial charge in [0.1, 0.15) is 5.03 Å². The Hall–Kier alpha value is -2.78. The minimum atomic E-state index is 0.984. The van der Waals surface area contributed by atoms with Gasteiger partial charge in [-0.15, -0.1) is 0 Å². The Morgan fingerprint density at radius 2 is 1.25 bits per heavy atom. The van der Waals surface area contributed by atoms with Crippen molar-refractivity contribution in [3.8, 4) is 16.9 Å². The van der Waals surface area contributed by atoms with E-state index in [1.165, 1.54) is 4.90 Å². The number of nitrogens with zero attached hydrogens (tertiary/aromatic N) is 2. The average Bonchev–Trinajstić information content (AvgIpc) is 3.08. The Morgan fingerprint density at radius 3 is 1.92 bits per heavy atom. The molecule has 0 spiro atoms. The van der Waals surface area contributed by atoms with Gasteiger partial charge in [-0.2, -0.15) is 5.10 Å². The van der Waals surface area contributed by atoms with Crippen LogP contribution < -0.4 is 0 Å². The first-order valence-corrected chi connectivity index (χ1v) is 8.65. The van der Waals surface area contributed by atoms with Gasteiger partial charge in [0.15, 0.2) is 0 Å². The zero-order valence-electron chi connectivity index (χ0n) is 13.0. The van der Waals surface area contributed by atoms with Crippen LogP contribution >= 0.6 is 11.8 Å². The molecule has 0 saturated heterocycles. The molecule has 0 radical (unpaired) electrons. The predicted molar refractivity (Wildman–Crippen MR) is 99.6 cm³/mol. The largest absolute Gasteiger partial charge is 0.226 e. The fourth-order valence-electron chi connectivity index (χ4n) is 2.55. The Labute approximate surface area is 145 Å². The lowest BCUT2D eigenvalue weighted by molar-refractivity contribution is 0.806. The normalized spacial score (nSPS) is 10.7. The Balaban J connectivity index is 1.80. The molecule has 116 valence electrons. The van der Waals surface area contributed by atoms with Gasteiger partial charge >= 0.3 is 0 Å². The molecule has 1 heterocycles. The van der Waals surface area contributed by atoms with Crippen molar-refractivity contribution in [3.05, 3.63) is 97.1 Å². The van der Waals surface area contributed by atoms with E-state index in [0.29, 0.717) is 0 Å². The van der Waals surface area contributed by atoms with E-state index in [0.717, 1.165) is 22.0 Å². The van der Waals surface area contributed by atoms with Gasteiger partial charge in [0.05, 0.1) is 11.4 Å². The summed E-state index contributed by atoms with van der Waals surface area (Å²) in [4.78, 5) is 1.20. The monoisotopic (exact) mass is 328 g/mol. The molecule has 1 aromatic heterocycles. The number of aromatic nitrogens is 2. The zero-order valence-corrected chi connectivity index (χ0v) is 13.9. The third kappa shape index (κ3) is 3.12. The van der Waals surface area contributed by atoms with Crippen molar-refractivity contribution in [2.24, 2.45) is 0 Å². The number of rotatable bonds is 4. The van der Waals surface area contributed by atoms with Crippen molar-refractivity contribution >= 4 is 11.8 Å². The number of para-hydroxylation sites is 1. The lowest BCUT2D eigenvalue weighted by Gasteiger charge is -2.06. The van der Waals surface area contributed by atoms with Crippen molar-refractivity contribution in [3.63, 3.8) is 0 Å². The highest BCUT2D eigenvalue weighted by molar-refractivity contribution is 7.99. The molecule has 0 unspecified atom stereocenters. The molecule has 0 fully saturated rings. The number of hydrogen-bond acceptors (Lipinski definition) is 2. The quantitative estimate of drug-likeness (QED) is 0.479. The first-order valence-electron chi connectivity index (χ1n) is 7.84. The molecule has 2 nitrogen and oxygen atoms in total. The van der Waals surface area contributed by atoms with Crippen molar-refractivity contribution in [1.29, 1.82) is 0 Å². The van der Waals surface area contributed by atoms with Gasteiger partial charge in [0.25, 0.3) is 0 Å². The van der Waals surface area contributed by atoms with Crippen molar-refractivity contribution in [1.82, 2.24) is 9.78 Å². The Kier molecular flexibility index (Phi) is 4.17. The number of benzene rings is 3. The smallest absolute Gasteiger partial charge is 0.105 e. The van der Waals surface area contributed by atoms with Gasteiger partial charge in [-0.1, -0.05) is 78.5 Å². The Morgan fingerprint density at radius 1 is 0.667 bits per heavy atom. The summed E-state index contributed by atoms with van der Waals surface area (Å²) >= 11 is 1.73. The van der Waals surface area contributed by atoms with Crippen LogP contribution in [0.25, 0.3) is 16.9 Å². The fraction of sp³-hybridized carbons (Fsp3) is 0. The summed E-state index contributed by atoms with van der Waals surface area (Å²) in [6, 6.07) is 33.1. The zero-order chi connectivity index (χ0) is 16.2. The van der Waals surface area contributed by atoms with Crippen LogP contribution in [-0.4, -0.2) is 9.78 Å². The second-order valence-corrected chi connectivity index (χ2v) is 6.49. The molecular weight excluding hydrogens is 312 g/mol. The van der Waals surface area contributed by atoms with Crippen LogP contribution in [0.2, 0.25) is 0 Å². The van der Waals surface area contributed by atoms with Gasteiger partial charge in [-0.25, -0.2) is 4.68 Å². The van der Waals surface area contributed by atoms with Crippen molar-refractivity contribution in [2.45, 2.75) is 9.92 Å². The van der Waals surface area contributed by atoms with Gasteiger partial charge in [0, 0.05) is 10.5 Å². The van der Waals surface area contributed by atoms with Crippen molar-refractivity contribution < 1.29 is 0 Å². The van der Waals surface area contributed by atoms with E-state index in [9.17, 15) is 0 Å². The van der Waals surface area contributed by atoms with Gasteiger partial charge < -0.3 is 0 Å². The van der Waals surface area contributed by atoms with E-state index in [4.69, 9.17) is 5.10 Å². The van der Waals surface area contributed by atoms with Gasteiger partial charge in [-0.3, -0.25) is 0 Å². The maximum Gasteiger partial charge on any atom is 0.105 e. The summed E-state index contributed by atoms with van der Waals surface area (Å²) < 4.78 is 2.01. The molecule has 3 aromatic carbocycles. The number of hydrogen-bond donors (Lipinski definition) is 0. The van der Waals surface area contributed by atoms with E-state index < -0.39 is 0 Å². The van der Waals surface area contributed by atoms with E-state index >= 15 is 0 Å². The lowest BCUT2D eigenvalue weighted by atomic mass is 10.2. The van der Waals surface area contributed by atoms with E-state index in [1.807, 2.05) is 47.1 Å². The van der Waals surface area contributed by atoms with Crippen LogP contribution in [0.15, 0.2) is 107 Å². The molecular formula is C21H16N2S. The molecule has 0 bridgehead atoms. The summed E-state index contributed by atoms with van der Waals surface area (Å²) in [6.45, 7) is 0. The summed E-state index contributed by atoms with van der Waals surface area (Å²) in [6.07, 6.45) is 0. The van der Waals surface area contributed by atoms with Gasteiger partial charge in [0.2, 0.25) is 0 Å². The molecule has 0 amide bonds. The standard InChI is InChI=1S/C21H16N2S/c1-4-10-17(11-5-1)20-16-21(24-19-14-8-3-9-15-19)23(22-20)18-12-6-2-7-13-18/h1-16H. The highest BCUT2D eigenvalue weighted by atomic mass is 32.2. The van der Waals surface area contributed by atoms with Crippen LogP contribution in [0.3, 0.4) is 0 Å². The lowest BCUT2D eigenvalue weighted by Crippen LogP contribution is -1.97. The minimum absolute atomic E-state index is 0.984. The fourth-order valence-corrected chi connectivity index (χ4v) is 3.49. The third-order valence-corrected chi connectivity index (χ3v) is 4.72. The van der Waals surface area contributed by atoms with Gasteiger partial charge in [-0.05, 0) is 30.3 Å². The summed E-state index contributed by atoms with van der Waals surface area (Å²) in [5, 5.41) is 5.95. The second-order valence-electron chi connectivity index (χ2n) is 5.40. The molecule has 4 rings (SSSR count). The predicted octanol–water partition coefficient (Wildman–Crippen LogP) is 5.69. The van der Waals surface area contributed by atoms with Crippen LogP contribution in [0.1, 0.15) is 0 Å². The van der Waals surface area contributed by atoms with Crippen molar-refractivity contribution in [2.75, 3.05) is 0 Å². The summed E-state index contributed by atoms with van der Waals surface area (Å²) in [5.41, 5.74) is 3.18. The molecule has 0 aliphatic heterocycles. The first-order chi connectivity index (χ1) is 11.9. The van der Waals surface area contributed by atoms with Crippen LogP contribution in [0, 0.1) is 0 Å². The molecule has 0 aliphatic carbocycles. The van der Waals surface area contributed by atoms with Crippen LogP contribution in [-0.2, 0) is 0 Å². The molecule has 0 N–H and O–H groups in total. The summed E-state index contributed by atoms with van der Waals surface area (Å²) in [7, 11) is 0. The molecule has 0 saturated carbocycles. The Bertz CT molecular complexity index is 916. The minimum Gasteiger partial charge on any atom is -0.226 e. The first kappa shape index (κ1) is 14.8. The van der Waals surface area contributed by atoms with Crippen LogP contribution in [0.5, 0.6) is 0 Å². The summed E-state index contributed by atoms with van der Waals surface area (Å²) in [5.74, 6) is 0. The highest BCUT2D eigenvalue weighted by Gasteiger charge is 2.12. The molecule has 24 heavy (non-hydrogen) atoms. The SMILES string of the molecule is c1ccc(Sc2cc(-c3ccccc3)nn2-c2ccccc2)cc1. The van der Waals surface area contributed by atoms with E-state index in [2.05, 4.69) is 54.6 Å². The maximum absolute atomic E-state index is 4.84. The second kappa shape index (κ2) is 6.77.